The van der Waals surface area contributed by atoms with Crippen LogP contribution in [0.15, 0.2) is 43.2 Å². The van der Waals surface area contributed by atoms with Crippen molar-refractivity contribution in [2.45, 2.75) is 26.9 Å². The first-order valence-corrected chi connectivity index (χ1v) is 9.85. The van der Waals surface area contributed by atoms with E-state index in [-0.39, 0.29) is 0 Å². The summed E-state index contributed by atoms with van der Waals surface area (Å²) in [4.78, 5) is 0. The van der Waals surface area contributed by atoms with E-state index in [0.717, 1.165) is 13.1 Å². The van der Waals surface area contributed by atoms with Crippen LogP contribution >= 0.6 is 45.7 Å². The predicted molar refractivity (Wildman–Crippen MR) is 106 cm³/mol. The van der Waals surface area contributed by atoms with Crippen LogP contribution in [0.5, 0.6) is 0 Å². The molecule has 1 aromatic heterocycles. The third-order valence-electron chi connectivity index (χ3n) is 3.16. The molecule has 3 nitrogen and oxygen atoms in total. The molecule has 124 valence electrons. The Balaban J connectivity index is 0.000000224. The van der Waals surface area contributed by atoms with E-state index in [4.69, 9.17) is 0 Å². The first kappa shape index (κ1) is 20.3. The second-order valence-corrected chi connectivity index (χ2v) is 10.2. The van der Waals surface area contributed by atoms with Gasteiger partial charge in [-0.1, -0.05) is 18.2 Å². The van der Waals surface area contributed by atoms with Crippen LogP contribution in [-0.2, 0) is 39.5 Å². The Hall–Kier alpha value is 0.278. The van der Waals surface area contributed by atoms with E-state index in [1.807, 2.05) is 25.5 Å². The number of allylic oxidation sites excluding steroid dienone is 1. The average molecular weight is 704 g/mol. The van der Waals surface area contributed by atoms with E-state index in [9.17, 15) is 0 Å². The van der Waals surface area contributed by atoms with E-state index >= 15 is 0 Å². The van der Waals surface area contributed by atoms with Crippen molar-refractivity contribution < 1.29 is 19.4 Å². The Kier molecular flexibility index (Phi) is 9.43. The Morgan fingerprint density at radius 3 is 2.36 bits per heavy atom. The molecule has 0 saturated heterocycles. The third kappa shape index (κ3) is 6.81. The van der Waals surface area contributed by atoms with Crippen LogP contribution in [0.4, 0.5) is 0 Å². The molecule has 0 aliphatic heterocycles. The number of imidazole rings is 1. The molecule has 0 aliphatic carbocycles. The van der Waals surface area contributed by atoms with Crippen molar-refractivity contribution >= 4 is 45.7 Å². The fraction of sp³-hybridized carbons (Fsp3) is 0.312. The maximum absolute atomic E-state index is 3.67. The molecule has 1 aromatic carbocycles. The normalized spacial score (nSPS) is 10.4. The summed E-state index contributed by atoms with van der Waals surface area (Å²) < 4.78 is 7.55. The molecule has 0 aliphatic rings. The first-order valence-electron chi connectivity index (χ1n) is 6.78. The summed E-state index contributed by atoms with van der Waals surface area (Å²) in [6.07, 6.45) is 5.97. The molecule has 0 amide bonds. The summed E-state index contributed by atoms with van der Waals surface area (Å²) in [6.45, 7) is 9.86. The number of nitrogens with zero attached hydrogens (tertiary/aromatic N) is 3. The fourth-order valence-corrected chi connectivity index (χ4v) is 3.14. The number of aryl methyl sites for hydroxylation is 3. The molecule has 0 bridgehead atoms. The molecule has 2 rings (SSSR count). The van der Waals surface area contributed by atoms with Gasteiger partial charge in [0.05, 0.1) is 0 Å². The van der Waals surface area contributed by atoms with Crippen molar-refractivity contribution in [3.63, 3.8) is 0 Å². The van der Waals surface area contributed by atoms with E-state index < -0.39 is 0 Å². The molecule has 22 heavy (non-hydrogen) atoms. The van der Waals surface area contributed by atoms with Gasteiger partial charge in [-0.15, -0.1) is 0 Å². The van der Waals surface area contributed by atoms with Gasteiger partial charge in [0.1, 0.15) is 0 Å². The van der Waals surface area contributed by atoms with Gasteiger partial charge in [-0.05, 0) is 30.5 Å². The molecule has 0 atom stereocenters. The topological polar surface area (TPSA) is 13.1 Å². The number of rotatable bonds is 4. The van der Waals surface area contributed by atoms with Crippen molar-refractivity contribution in [1.29, 1.82) is 0 Å². The van der Waals surface area contributed by atoms with E-state index in [0.29, 0.717) is 0 Å². The van der Waals surface area contributed by atoms with Crippen molar-refractivity contribution in [1.82, 2.24) is 10.5 Å². The van der Waals surface area contributed by atoms with E-state index in [1.54, 1.807) is 0 Å². The molecular formula is C16H21I2N3Pt. The zero-order valence-electron chi connectivity index (χ0n) is 13.0. The quantitative estimate of drug-likeness (QED) is 0.251. The van der Waals surface area contributed by atoms with Gasteiger partial charge in [-0.3, -0.25) is 0 Å². The summed E-state index contributed by atoms with van der Waals surface area (Å²) in [5.41, 5.74) is 4.12. The summed E-state index contributed by atoms with van der Waals surface area (Å²) >= 11 is 6.86. The van der Waals surface area contributed by atoms with Crippen molar-refractivity contribution in [3.05, 3.63) is 63.7 Å². The van der Waals surface area contributed by atoms with Crippen LogP contribution in [0.2, 0.25) is 0 Å². The molecule has 2 aromatic rings. The minimum Gasteiger partial charge on any atom is -0.184 e. The van der Waals surface area contributed by atoms with Gasteiger partial charge in [0.25, 0.3) is 0 Å². The maximum atomic E-state index is 3.67. The fourth-order valence-electron chi connectivity index (χ4n) is 1.81. The Morgan fingerprint density at radius 1 is 1.23 bits per heavy atom. The number of benzene rings is 1. The standard InChI is InChI=1S/C9H11I2N.C7H10N2.Pt/c1-7-3-4-9(5-8(7)2)6-12(10)11;1-3-4-9-6-5-8(2)7-9;/h3-5H,6H2,1-2H3;3,5-6H,1,4H2,2H3;. The molecule has 0 saturated carbocycles. The molecular weight excluding hydrogens is 683 g/mol. The minimum atomic E-state index is 0.889. The van der Waals surface area contributed by atoms with Crippen LogP contribution in [0.1, 0.15) is 16.7 Å². The molecule has 0 radical (unpaired) electrons. The van der Waals surface area contributed by atoms with Crippen LogP contribution in [-0.4, -0.2) is 10.5 Å². The summed E-state index contributed by atoms with van der Waals surface area (Å²) in [5.74, 6) is 0. The monoisotopic (exact) mass is 704 g/mol. The van der Waals surface area contributed by atoms with Crippen LogP contribution < -0.4 is 0 Å². The van der Waals surface area contributed by atoms with Crippen LogP contribution in [0.25, 0.3) is 0 Å². The number of aromatic nitrogens is 2. The van der Waals surface area contributed by atoms with Gasteiger partial charge in [0, 0.05) is 52.3 Å². The van der Waals surface area contributed by atoms with Gasteiger partial charge >= 0.3 is 70.9 Å². The number of hydrogen-bond donors (Lipinski definition) is 0. The molecule has 6 heteroatoms. The SMILES string of the molecule is C=CCn1ccn(C)[c]1=[Pt].Cc1ccc(CN(I)I)cc1C. The Bertz CT molecular complexity index is 674. The minimum absolute atomic E-state index is 0.889. The van der Waals surface area contributed by atoms with Crippen LogP contribution in [0.3, 0.4) is 0 Å². The number of halogens is 2. The second-order valence-electron chi connectivity index (χ2n) is 4.97. The second kappa shape index (κ2) is 10.2. The summed E-state index contributed by atoms with van der Waals surface area (Å²) in [5, 5.41) is 0. The Morgan fingerprint density at radius 2 is 1.91 bits per heavy atom. The molecule has 0 unspecified atom stereocenters. The van der Waals surface area contributed by atoms with Crippen LogP contribution in [0, 0.1) is 17.7 Å². The third-order valence-corrected chi connectivity index (χ3v) is 5.29. The van der Waals surface area contributed by atoms with Crippen molar-refractivity contribution in [3.8, 4) is 0 Å². The van der Waals surface area contributed by atoms with E-state index in [2.05, 4.69) is 114 Å². The zero-order valence-corrected chi connectivity index (χ0v) is 19.6. The van der Waals surface area contributed by atoms with Gasteiger partial charge in [0.2, 0.25) is 0 Å². The van der Waals surface area contributed by atoms with Gasteiger partial charge in [0.15, 0.2) is 0 Å². The largest absolute Gasteiger partial charge is 0.184 e. The predicted octanol–water partition coefficient (Wildman–Crippen LogP) is 4.90. The summed E-state index contributed by atoms with van der Waals surface area (Å²) in [6, 6.07) is 6.62. The van der Waals surface area contributed by atoms with Gasteiger partial charge in [-0.25, -0.2) is 0 Å². The smallest absolute Gasteiger partial charge is 0.0436 e. The number of hydrogen-bond acceptors (Lipinski definition) is 1. The van der Waals surface area contributed by atoms with Crippen molar-refractivity contribution in [2.75, 3.05) is 0 Å². The average Bonchev–Trinajstić information content (AvgIpc) is 2.76. The molecule has 0 N–H and O–H groups in total. The molecule has 0 fully saturated rings. The molecule has 0 spiro atoms. The first-order chi connectivity index (χ1) is 10.3. The van der Waals surface area contributed by atoms with Crippen molar-refractivity contribution in [2.24, 2.45) is 7.05 Å². The zero-order chi connectivity index (χ0) is 16.7. The van der Waals surface area contributed by atoms with Gasteiger partial charge < -0.3 is 0 Å². The molecule has 1 heterocycles. The summed E-state index contributed by atoms with van der Waals surface area (Å²) in [7, 11) is 2.03. The van der Waals surface area contributed by atoms with Gasteiger partial charge in [-0.2, -0.15) is 1.33 Å². The Labute approximate surface area is 171 Å². The van der Waals surface area contributed by atoms with E-state index in [1.165, 1.54) is 20.5 Å². The maximum Gasteiger partial charge on any atom is 0.0436 e.